The summed E-state index contributed by atoms with van der Waals surface area (Å²) >= 11 is 0. The van der Waals surface area contributed by atoms with E-state index in [1.165, 1.54) is 24.3 Å². The second-order valence-electron chi connectivity index (χ2n) is 5.07. The van der Waals surface area contributed by atoms with Gasteiger partial charge in [-0.15, -0.1) is 24.8 Å². The van der Waals surface area contributed by atoms with Crippen LogP contribution in [0.3, 0.4) is 0 Å². The number of benzene rings is 1. The van der Waals surface area contributed by atoms with Crippen molar-refractivity contribution in [2.75, 3.05) is 26.2 Å². The minimum atomic E-state index is -0.462. The van der Waals surface area contributed by atoms with Gasteiger partial charge in [0.05, 0.1) is 4.92 Å². The molecule has 2 rings (SSSR count). The van der Waals surface area contributed by atoms with Gasteiger partial charge in [-0.05, 0) is 19.1 Å². The number of rotatable bonds is 5. The average molecular weight is 350 g/mol. The van der Waals surface area contributed by atoms with Crippen molar-refractivity contribution < 1.29 is 9.72 Å². The summed E-state index contributed by atoms with van der Waals surface area (Å²) in [6.07, 6.45) is 0.447. The minimum absolute atomic E-state index is 0. The van der Waals surface area contributed by atoms with Gasteiger partial charge < -0.3 is 5.32 Å². The molecule has 1 N–H and O–H groups in total. The summed E-state index contributed by atoms with van der Waals surface area (Å²) in [4.78, 5) is 24.5. The second kappa shape index (κ2) is 9.74. The van der Waals surface area contributed by atoms with Crippen LogP contribution in [0.1, 0.15) is 23.7 Å². The highest BCUT2D eigenvalue weighted by Gasteiger charge is 2.18. The van der Waals surface area contributed by atoms with Crippen LogP contribution in [-0.2, 0) is 0 Å². The molecule has 0 saturated carbocycles. The number of nitro benzene ring substituents is 1. The van der Waals surface area contributed by atoms with Crippen LogP contribution < -0.4 is 5.32 Å². The molecule has 0 aromatic heterocycles. The fourth-order valence-electron chi connectivity index (χ4n) is 2.37. The quantitative estimate of drug-likeness (QED) is 0.501. The number of non-ortho nitro benzene ring substituents is 1. The number of nitro groups is 1. The first-order valence-electron chi connectivity index (χ1n) is 6.80. The molecule has 1 unspecified atom stereocenters. The van der Waals surface area contributed by atoms with Gasteiger partial charge in [0.1, 0.15) is 0 Å². The summed E-state index contributed by atoms with van der Waals surface area (Å²) in [5.74, 6) is 0.0330. The van der Waals surface area contributed by atoms with Gasteiger partial charge in [0.25, 0.3) is 5.69 Å². The van der Waals surface area contributed by atoms with E-state index in [1.54, 1.807) is 0 Å². The lowest BCUT2D eigenvalue weighted by Gasteiger charge is -2.33. The molecule has 1 saturated heterocycles. The molecule has 8 heteroatoms. The van der Waals surface area contributed by atoms with Crippen molar-refractivity contribution >= 4 is 36.3 Å². The van der Waals surface area contributed by atoms with E-state index >= 15 is 0 Å². The second-order valence-corrected chi connectivity index (χ2v) is 5.07. The lowest BCUT2D eigenvalue weighted by atomic mass is 10.1. The largest absolute Gasteiger partial charge is 0.314 e. The Morgan fingerprint density at radius 1 is 1.36 bits per heavy atom. The number of halogens is 2. The fraction of sp³-hybridized carbons (Fsp3) is 0.500. The first kappa shape index (κ1) is 20.8. The monoisotopic (exact) mass is 349 g/mol. The van der Waals surface area contributed by atoms with Gasteiger partial charge in [-0.1, -0.05) is 0 Å². The van der Waals surface area contributed by atoms with Crippen molar-refractivity contribution in [1.29, 1.82) is 0 Å². The highest BCUT2D eigenvalue weighted by molar-refractivity contribution is 5.96. The molecule has 0 aliphatic carbocycles. The fourth-order valence-corrected chi connectivity index (χ4v) is 2.37. The minimum Gasteiger partial charge on any atom is -0.314 e. The zero-order valence-electron chi connectivity index (χ0n) is 12.4. The van der Waals surface area contributed by atoms with Gasteiger partial charge >= 0.3 is 0 Å². The van der Waals surface area contributed by atoms with Gasteiger partial charge in [-0.2, -0.15) is 0 Å². The molecule has 0 amide bonds. The van der Waals surface area contributed by atoms with Crippen molar-refractivity contribution in [1.82, 2.24) is 10.2 Å². The lowest BCUT2D eigenvalue weighted by Crippen LogP contribution is -2.50. The predicted molar refractivity (Wildman–Crippen MR) is 90.4 cm³/mol. The molecular formula is C14H21Cl2N3O3. The van der Waals surface area contributed by atoms with Crippen molar-refractivity contribution in [2.24, 2.45) is 0 Å². The molecule has 1 fully saturated rings. The van der Waals surface area contributed by atoms with Crippen molar-refractivity contribution in [3.05, 3.63) is 39.9 Å². The first-order valence-corrected chi connectivity index (χ1v) is 6.80. The van der Waals surface area contributed by atoms with Crippen LogP contribution in [0.2, 0.25) is 0 Å². The number of nitrogens with one attached hydrogen (secondary N) is 1. The molecule has 1 aliphatic heterocycles. The summed E-state index contributed by atoms with van der Waals surface area (Å²) in [6, 6.07) is 6.25. The molecule has 0 bridgehead atoms. The molecule has 1 aliphatic rings. The maximum atomic E-state index is 12.1. The summed E-state index contributed by atoms with van der Waals surface area (Å²) in [6.45, 7) is 5.73. The van der Waals surface area contributed by atoms with Crippen LogP contribution in [0.15, 0.2) is 24.3 Å². The zero-order chi connectivity index (χ0) is 14.5. The maximum Gasteiger partial charge on any atom is 0.269 e. The number of piperazine rings is 1. The van der Waals surface area contributed by atoms with E-state index < -0.39 is 4.92 Å². The van der Waals surface area contributed by atoms with E-state index in [1.807, 2.05) is 0 Å². The third-order valence-electron chi connectivity index (χ3n) is 3.67. The van der Waals surface area contributed by atoms with Crippen LogP contribution in [0.5, 0.6) is 0 Å². The summed E-state index contributed by atoms with van der Waals surface area (Å²) in [5.41, 5.74) is 0.552. The average Bonchev–Trinajstić information content (AvgIpc) is 2.46. The van der Waals surface area contributed by atoms with E-state index in [9.17, 15) is 14.9 Å². The topological polar surface area (TPSA) is 75.5 Å². The Balaban J connectivity index is 0.00000220. The molecule has 0 radical (unpaired) electrons. The van der Waals surface area contributed by atoms with Crippen LogP contribution in [0, 0.1) is 10.1 Å². The van der Waals surface area contributed by atoms with Gasteiger partial charge in [0, 0.05) is 56.3 Å². The van der Waals surface area contributed by atoms with E-state index in [0.717, 1.165) is 26.2 Å². The van der Waals surface area contributed by atoms with Crippen LogP contribution in [0.4, 0.5) is 5.69 Å². The van der Waals surface area contributed by atoms with E-state index in [0.29, 0.717) is 18.0 Å². The van der Waals surface area contributed by atoms with Gasteiger partial charge in [-0.3, -0.25) is 19.8 Å². The smallest absolute Gasteiger partial charge is 0.269 e. The Bertz CT molecular complexity index is 497. The van der Waals surface area contributed by atoms with E-state index in [2.05, 4.69) is 17.1 Å². The van der Waals surface area contributed by atoms with E-state index in [-0.39, 0.29) is 36.3 Å². The number of carbonyl (C=O) groups is 1. The highest BCUT2D eigenvalue weighted by atomic mass is 35.5. The summed E-state index contributed by atoms with van der Waals surface area (Å²) < 4.78 is 0. The first-order chi connectivity index (χ1) is 9.58. The number of carbonyl (C=O) groups excluding carboxylic acids is 1. The Morgan fingerprint density at radius 3 is 2.55 bits per heavy atom. The molecular weight excluding hydrogens is 329 g/mol. The molecule has 1 atom stereocenters. The third-order valence-corrected chi connectivity index (χ3v) is 3.67. The summed E-state index contributed by atoms with van der Waals surface area (Å²) in [7, 11) is 0. The lowest BCUT2D eigenvalue weighted by molar-refractivity contribution is -0.384. The highest BCUT2D eigenvalue weighted by Crippen LogP contribution is 2.14. The number of hydrogen-bond acceptors (Lipinski definition) is 5. The molecule has 124 valence electrons. The number of ketones is 1. The van der Waals surface area contributed by atoms with Crippen molar-refractivity contribution in [3.8, 4) is 0 Å². The number of nitrogens with zero attached hydrogens (tertiary/aromatic N) is 2. The van der Waals surface area contributed by atoms with Gasteiger partial charge in [-0.25, -0.2) is 0 Å². The molecule has 22 heavy (non-hydrogen) atoms. The van der Waals surface area contributed by atoms with Crippen molar-refractivity contribution in [2.45, 2.75) is 19.4 Å². The Kier molecular flexibility index (Phi) is 9.20. The summed E-state index contributed by atoms with van der Waals surface area (Å²) in [5, 5.41) is 13.9. The van der Waals surface area contributed by atoms with Crippen LogP contribution in [0.25, 0.3) is 0 Å². The normalized spacial score (nSPS) is 18.0. The third kappa shape index (κ3) is 5.53. The number of Topliss-reactive ketones (excluding diaryl/α,β-unsaturated/α-hetero) is 1. The van der Waals surface area contributed by atoms with Gasteiger partial charge in [0.15, 0.2) is 5.78 Å². The molecule has 1 aromatic carbocycles. The predicted octanol–water partition coefficient (Wildman–Crippen LogP) is 2.30. The SMILES string of the molecule is CC1CNCCN1CCC(=O)c1ccc([N+](=O)[O-])cc1.Cl.Cl. The Morgan fingerprint density at radius 2 is 2.00 bits per heavy atom. The molecule has 1 aromatic rings. The van der Waals surface area contributed by atoms with E-state index in [4.69, 9.17) is 0 Å². The Hall–Kier alpha value is -1.21. The standard InChI is InChI=1S/C14H19N3O3.2ClH/c1-11-10-15-7-9-16(11)8-6-14(18)12-2-4-13(5-3-12)17(19)20;;/h2-5,11,15H,6-10H2,1H3;2*1H. The maximum absolute atomic E-state index is 12.1. The zero-order valence-corrected chi connectivity index (χ0v) is 14.0. The molecule has 0 spiro atoms. The van der Waals surface area contributed by atoms with Crippen molar-refractivity contribution in [3.63, 3.8) is 0 Å². The van der Waals surface area contributed by atoms with Crippen LogP contribution >= 0.6 is 24.8 Å². The van der Waals surface area contributed by atoms with Crippen LogP contribution in [-0.4, -0.2) is 47.8 Å². The number of hydrogen-bond donors (Lipinski definition) is 1. The molecule has 1 heterocycles. The molecule has 6 nitrogen and oxygen atoms in total. The Labute approximate surface area is 142 Å². The van der Waals surface area contributed by atoms with Gasteiger partial charge in [0.2, 0.25) is 0 Å².